The van der Waals surface area contributed by atoms with Crippen molar-refractivity contribution in [1.29, 1.82) is 0 Å². The lowest BCUT2D eigenvalue weighted by atomic mass is 10.3. The van der Waals surface area contributed by atoms with Gasteiger partial charge in [0.25, 0.3) is 5.69 Å². The number of hydrogen-bond acceptors (Lipinski definition) is 7. The summed E-state index contributed by atoms with van der Waals surface area (Å²) in [5.41, 5.74) is 5.29. The van der Waals surface area contributed by atoms with E-state index < -0.39 is 4.92 Å². The van der Waals surface area contributed by atoms with E-state index in [9.17, 15) is 10.1 Å². The molecule has 110 valence electrons. The van der Waals surface area contributed by atoms with Gasteiger partial charge in [-0.1, -0.05) is 23.2 Å². The molecule has 10 heteroatoms. The monoisotopic (exact) mass is 329 g/mol. The molecule has 3 N–H and O–H groups in total. The summed E-state index contributed by atoms with van der Waals surface area (Å²) >= 11 is 11.9. The van der Waals surface area contributed by atoms with Gasteiger partial charge in [-0.3, -0.25) is 10.1 Å². The zero-order chi connectivity index (χ0) is 15.6. The second kappa shape index (κ2) is 5.98. The van der Waals surface area contributed by atoms with Gasteiger partial charge in [-0.05, 0) is 0 Å². The van der Waals surface area contributed by atoms with Crippen molar-refractivity contribution in [3.8, 4) is 11.6 Å². The molecule has 1 aromatic carbocycles. The number of nitro groups is 1. The molecule has 2 rings (SSSR count). The first-order valence-corrected chi connectivity index (χ1v) is 6.30. The molecule has 0 bridgehead atoms. The Morgan fingerprint density at radius 2 is 1.90 bits per heavy atom. The van der Waals surface area contributed by atoms with Gasteiger partial charge in [0.2, 0.25) is 11.8 Å². The van der Waals surface area contributed by atoms with Gasteiger partial charge in [-0.25, -0.2) is 0 Å². The summed E-state index contributed by atoms with van der Waals surface area (Å²) in [5, 5.41) is 13.5. The van der Waals surface area contributed by atoms with Crippen LogP contribution in [0.4, 0.5) is 17.5 Å². The van der Waals surface area contributed by atoms with Gasteiger partial charge < -0.3 is 15.8 Å². The molecular weight excluding hydrogens is 321 g/mol. The second-order valence-corrected chi connectivity index (χ2v) is 4.61. The normalized spacial score (nSPS) is 10.2. The number of nitrogens with one attached hydrogen (secondary N) is 1. The minimum absolute atomic E-state index is 0.00833. The summed E-state index contributed by atoms with van der Waals surface area (Å²) in [7, 11) is 1.65. The molecule has 0 aliphatic rings. The highest BCUT2D eigenvalue weighted by Crippen LogP contribution is 2.39. The summed E-state index contributed by atoms with van der Waals surface area (Å²) in [5.74, 6) is 0.575. The largest absolute Gasteiger partial charge is 0.436 e. The maximum Gasteiger partial charge on any atom is 0.272 e. The topological polar surface area (TPSA) is 116 Å². The fourth-order valence-electron chi connectivity index (χ4n) is 1.48. The van der Waals surface area contributed by atoms with Gasteiger partial charge >= 0.3 is 0 Å². The van der Waals surface area contributed by atoms with Crippen LogP contribution in [0.25, 0.3) is 0 Å². The molecule has 0 aliphatic carbocycles. The van der Waals surface area contributed by atoms with E-state index in [2.05, 4.69) is 15.3 Å². The lowest BCUT2D eigenvalue weighted by Gasteiger charge is -2.10. The summed E-state index contributed by atoms with van der Waals surface area (Å²) in [6.45, 7) is 0. The van der Waals surface area contributed by atoms with Gasteiger partial charge in [0.1, 0.15) is 5.82 Å². The molecule has 0 saturated heterocycles. The van der Waals surface area contributed by atoms with Crippen molar-refractivity contribution >= 4 is 40.7 Å². The van der Waals surface area contributed by atoms with Gasteiger partial charge in [-0.2, -0.15) is 9.97 Å². The number of non-ortho nitro benzene ring substituents is 1. The third kappa shape index (κ3) is 3.41. The van der Waals surface area contributed by atoms with E-state index in [1.165, 1.54) is 6.07 Å². The first kappa shape index (κ1) is 15.1. The van der Waals surface area contributed by atoms with Crippen LogP contribution in [-0.2, 0) is 0 Å². The Kier molecular flexibility index (Phi) is 4.29. The van der Waals surface area contributed by atoms with Crippen LogP contribution in [-0.4, -0.2) is 21.9 Å². The number of anilines is 2. The molecule has 0 atom stereocenters. The van der Waals surface area contributed by atoms with Crippen molar-refractivity contribution in [2.45, 2.75) is 0 Å². The standard InChI is InChI=1S/C11H9Cl2N5O3/c1-15-8-4-9(17-11(14)16-8)21-10-6(12)2-5(18(19)20)3-7(10)13/h2-4H,1H3,(H3,14,15,16,17). The number of nitrogen functional groups attached to an aromatic ring is 1. The Morgan fingerprint density at radius 3 is 2.43 bits per heavy atom. The van der Waals surface area contributed by atoms with E-state index >= 15 is 0 Å². The number of rotatable bonds is 4. The number of ether oxygens (including phenoxy) is 1. The Hall–Kier alpha value is -2.32. The number of nitrogens with two attached hydrogens (primary N) is 1. The van der Waals surface area contributed by atoms with E-state index in [-0.39, 0.29) is 33.3 Å². The van der Waals surface area contributed by atoms with Crippen LogP contribution in [0.3, 0.4) is 0 Å². The lowest BCUT2D eigenvalue weighted by molar-refractivity contribution is -0.384. The molecular formula is C11H9Cl2N5O3. The van der Waals surface area contributed by atoms with Crippen molar-refractivity contribution in [1.82, 2.24) is 9.97 Å². The average Bonchev–Trinajstić information content (AvgIpc) is 2.41. The first-order chi connectivity index (χ1) is 9.90. The molecule has 0 aliphatic heterocycles. The third-order valence-corrected chi connectivity index (χ3v) is 2.94. The number of halogens is 2. The van der Waals surface area contributed by atoms with Crippen LogP contribution in [0.15, 0.2) is 18.2 Å². The van der Waals surface area contributed by atoms with E-state index in [4.69, 9.17) is 33.7 Å². The Bertz CT molecular complexity index is 687. The number of nitro benzene ring substituents is 1. The van der Waals surface area contributed by atoms with Crippen molar-refractivity contribution in [2.24, 2.45) is 0 Å². The fourth-order valence-corrected chi connectivity index (χ4v) is 2.03. The van der Waals surface area contributed by atoms with Crippen molar-refractivity contribution in [3.63, 3.8) is 0 Å². The fraction of sp³-hybridized carbons (Fsp3) is 0.0909. The Morgan fingerprint density at radius 1 is 1.29 bits per heavy atom. The van der Waals surface area contributed by atoms with Crippen LogP contribution >= 0.6 is 23.2 Å². The molecule has 21 heavy (non-hydrogen) atoms. The average molecular weight is 330 g/mol. The van der Waals surface area contributed by atoms with Crippen LogP contribution in [0.2, 0.25) is 10.0 Å². The van der Waals surface area contributed by atoms with E-state index in [0.29, 0.717) is 5.82 Å². The molecule has 0 spiro atoms. The smallest absolute Gasteiger partial charge is 0.272 e. The second-order valence-electron chi connectivity index (χ2n) is 3.80. The molecule has 2 aromatic rings. The SMILES string of the molecule is CNc1cc(Oc2c(Cl)cc([N+](=O)[O-])cc2Cl)nc(N)n1. The summed E-state index contributed by atoms with van der Waals surface area (Å²) < 4.78 is 5.44. The maximum absolute atomic E-state index is 10.7. The van der Waals surface area contributed by atoms with Gasteiger partial charge in [0.15, 0.2) is 5.75 Å². The molecule has 0 radical (unpaired) electrons. The predicted molar refractivity (Wildman–Crippen MR) is 79.2 cm³/mol. The molecule has 8 nitrogen and oxygen atoms in total. The van der Waals surface area contributed by atoms with Crippen LogP contribution in [0, 0.1) is 10.1 Å². The first-order valence-electron chi connectivity index (χ1n) is 5.54. The Balaban J connectivity index is 2.40. The predicted octanol–water partition coefficient (Wildman–Crippen LogP) is 3.11. The van der Waals surface area contributed by atoms with Crippen molar-refractivity contribution < 1.29 is 9.66 Å². The highest BCUT2D eigenvalue weighted by Gasteiger charge is 2.17. The summed E-state index contributed by atoms with van der Waals surface area (Å²) in [6.07, 6.45) is 0. The van der Waals surface area contributed by atoms with Crippen molar-refractivity contribution in [2.75, 3.05) is 18.1 Å². The summed E-state index contributed by atoms with van der Waals surface area (Å²) in [6, 6.07) is 3.74. The zero-order valence-electron chi connectivity index (χ0n) is 10.6. The number of benzene rings is 1. The number of nitrogens with zero attached hydrogens (tertiary/aromatic N) is 3. The quantitative estimate of drug-likeness (QED) is 0.653. The van der Waals surface area contributed by atoms with E-state index in [0.717, 1.165) is 12.1 Å². The highest BCUT2D eigenvalue weighted by atomic mass is 35.5. The lowest BCUT2D eigenvalue weighted by Crippen LogP contribution is -2.01. The minimum atomic E-state index is -0.608. The molecule has 0 saturated carbocycles. The molecule has 1 heterocycles. The van der Waals surface area contributed by atoms with E-state index in [1.54, 1.807) is 7.05 Å². The third-order valence-electron chi connectivity index (χ3n) is 2.38. The highest BCUT2D eigenvalue weighted by molar-refractivity contribution is 6.37. The summed E-state index contributed by atoms with van der Waals surface area (Å²) in [4.78, 5) is 17.9. The number of aromatic nitrogens is 2. The molecule has 1 aromatic heterocycles. The number of hydrogen-bond donors (Lipinski definition) is 2. The van der Waals surface area contributed by atoms with Gasteiger partial charge in [0, 0.05) is 25.2 Å². The molecule has 0 fully saturated rings. The molecule has 0 amide bonds. The Labute approximate surface area is 129 Å². The van der Waals surface area contributed by atoms with E-state index in [1.807, 2.05) is 0 Å². The molecule has 0 unspecified atom stereocenters. The van der Waals surface area contributed by atoms with Crippen molar-refractivity contribution in [3.05, 3.63) is 38.4 Å². The zero-order valence-corrected chi connectivity index (χ0v) is 12.1. The minimum Gasteiger partial charge on any atom is -0.436 e. The van der Waals surface area contributed by atoms with Gasteiger partial charge in [-0.15, -0.1) is 0 Å². The maximum atomic E-state index is 10.7. The van der Waals surface area contributed by atoms with Gasteiger partial charge in [0.05, 0.1) is 15.0 Å². The van der Waals surface area contributed by atoms with Crippen LogP contribution in [0.5, 0.6) is 11.6 Å². The van der Waals surface area contributed by atoms with Crippen LogP contribution in [0.1, 0.15) is 0 Å². The van der Waals surface area contributed by atoms with Crippen LogP contribution < -0.4 is 15.8 Å².